The van der Waals surface area contributed by atoms with Gasteiger partial charge in [-0.25, -0.2) is 0 Å². The minimum absolute atomic E-state index is 0.0784. The average Bonchev–Trinajstić information content (AvgIpc) is 3.54. The van der Waals surface area contributed by atoms with E-state index in [0.29, 0.717) is 25.7 Å². The van der Waals surface area contributed by atoms with Gasteiger partial charge in [-0.2, -0.15) is 0 Å². The minimum atomic E-state index is -0.671. The lowest BCUT2D eigenvalue weighted by Gasteiger charge is -2.37. The summed E-state index contributed by atoms with van der Waals surface area (Å²) < 4.78 is 11.5. The Morgan fingerprint density at radius 2 is 2.18 bits per heavy atom. The number of hydrogen-bond acceptors (Lipinski definition) is 6. The van der Waals surface area contributed by atoms with Crippen LogP contribution in [0, 0.1) is 26.2 Å². The van der Waals surface area contributed by atoms with Gasteiger partial charge >= 0.3 is 0 Å². The van der Waals surface area contributed by atoms with Gasteiger partial charge in [0.2, 0.25) is 5.91 Å². The predicted molar refractivity (Wildman–Crippen MR) is 134 cm³/mol. The van der Waals surface area contributed by atoms with Crippen molar-refractivity contribution in [3.8, 4) is 18.1 Å². The number of amides is 1. The number of aliphatic hydroxyl groups excluding tert-OH is 1. The first-order valence-corrected chi connectivity index (χ1v) is 12.8. The van der Waals surface area contributed by atoms with E-state index in [-0.39, 0.29) is 31.7 Å². The van der Waals surface area contributed by atoms with Gasteiger partial charge in [-0.3, -0.25) is 9.69 Å². The molecule has 1 saturated carbocycles. The van der Waals surface area contributed by atoms with Crippen molar-refractivity contribution in [2.45, 2.75) is 51.3 Å². The van der Waals surface area contributed by atoms with Crippen LogP contribution in [0.3, 0.4) is 0 Å². The Balaban J connectivity index is 1.43. The SMILES string of the molecule is C#CCOCC(O)CN(CC(=O)N1CCc2sccc2C1COc1ccc(C)cc1C)C1CC1. The van der Waals surface area contributed by atoms with Crippen LogP contribution >= 0.6 is 11.3 Å². The fourth-order valence-corrected chi connectivity index (χ4v) is 5.56. The van der Waals surface area contributed by atoms with Crippen molar-refractivity contribution in [2.24, 2.45) is 0 Å². The zero-order chi connectivity index (χ0) is 24.1. The molecule has 2 atom stereocenters. The molecule has 0 saturated heterocycles. The maximum atomic E-state index is 13.5. The number of terminal acetylenes is 1. The molecule has 1 aromatic carbocycles. The maximum Gasteiger partial charge on any atom is 0.237 e. The molecule has 6 nitrogen and oxygen atoms in total. The van der Waals surface area contributed by atoms with Crippen LogP contribution in [0.5, 0.6) is 5.75 Å². The van der Waals surface area contributed by atoms with Gasteiger partial charge in [-0.05, 0) is 61.7 Å². The molecule has 0 bridgehead atoms. The Morgan fingerprint density at radius 3 is 2.91 bits per heavy atom. The number of ether oxygens (including phenoxy) is 2. The third-order valence-corrected chi connectivity index (χ3v) is 7.48. The molecule has 1 amide bonds. The zero-order valence-electron chi connectivity index (χ0n) is 20.0. The first-order chi connectivity index (χ1) is 16.5. The summed E-state index contributed by atoms with van der Waals surface area (Å²) in [4.78, 5) is 18.9. The second-order valence-electron chi connectivity index (χ2n) is 9.27. The Bertz CT molecular complexity index is 1030. The zero-order valence-corrected chi connectivity index (χ0v) is 20.9. The van der Waals surface area contributed by atoms with Crippen LogP contribution in [0.1, 0.15) is 40.5 Å². The highest BCUT2D eigenvalue weighted by Crippen LogP contribution is 2.35. The highest BCUT2D eigenvalue weighted by molar-refractivity contribution is 7.10. The molecule has 2 heterocycles. The number of thiophene rings is 1. The standard InChI is InChI=1S/C27H34N2O4S/c1-4-12-32-17-22(30)15-28(21-6-7-21)16-27(31)29-11-9-26-23(10-13-34-26)24(29)18-33-25-8-5-19(2)14-20(25)3/h1,5,8,10,13-14,21-22,24,30H,6-7,9,11-12,15-18H2,2-3H3. The Morgan fingerprint density at radius 1 is 1.35 bits per heavy atom. The molecular weight excluding hydrogens is 448 g/mol. The van der Waals surface area contributed by atoms with Crippen LogP contribution in [-0.4, -0.2) is 72.4 Å². The van der Waals surface area contributed by atoms with Gasteiger partial charge in [-0.15, -0.1) is 17.8 Å². The summed E-state index contributed by atoms with van der Waals surface area (Å²) in [6.07, 6.45) is 7.52. The third-order valence-electron chi connectivity index (χ3n) is 6.48. The van der Waals surface area contributed by atoms with Crippen molar-refractivity contribution in [3.63, 3.8) is 0 Å². The van der Waals surface area contributed by atoms with Crippen molar-refractivity contribution in [2.75, 3.05) is 39.5 Å². The first kappa shape index (κ1) is 24.7. The van der Waals surface area contributed by atoms with E-state index in [9.17, 15) is 9.90 Å². The normalized spacial score (nSPS) is 18.4. The van der Waals surface area contributed by atoms with Gasteiger partial charge in [0.25, 0.3) is 0 Å². The summed E-state index contributed by atoms with van der Waals surface area (Å²) in [5, 5.41) is 12.5. The van der Waals surface area contributed by atoms with Crippen molar-refractivity contribution < 1.29 is 19.4 Å². The van der Waals surface area contributed by atoms with E-state index in [0.717, 1.165) is 30.6 Å². The van der Waals surface area contributed by atoms with Gasteiger partial charge < -0.3 is 19.5 Å². The monoisotopic (exact) mass is 482 g/mol. The van der Waals surface area contributed by atoms with Crippen molar-refractivity contribution in [3.05, 3.63) is 51.2 Å². The minimum Gasteiger partial charge on any atom is -0.491 e. The number of benzene rings is 1. The Hall–Kier alpha value is -2.37. The number of rotatable bonds is 11. The predicted octanol–water partition coefficient (Wildman–Crippen LogP) is 3.34. The fraction of sp³-hybridized carbons (Fsp3) is 0.519. The molecule has 0 spiro atoms. The molecule has 4 rings (SSSR count). The van der Waals surface area contributed by atoms with Gasteiger partial charge in [0.15, 0.2) is 0 Å². The topological polar surface area (TPSA) is 62.2 Å². The number of hydrogen-bond donors (Lipinski definition) is 1. The van der Waals surface area contributed by atoms with E-state index in [1.54, 1.807) is 11.3 Å². The van der Waals surface area contributed by atoms with Gasteiger partial charge in [-0.1, -0.05) is 23.6 Å². The first-order valence-electron chi connectivity index (χ1n) is 12.0. The smallest absolute Gasteiger partial charge is 0.237 e. The van der Waals surface area contributed by atoms with Crippen molar-refractivity contribution in [1.29, 1.82) is 0 Å². The van der Waals surface area contributed by atoms with Gasteiger partial charge in [0, 0.05) is 24.0 Å². The van der Waals surface area contributed by atoms with E-state index in [4.69, 9.17) is 15.9 Å². The molecule has 1 aliphatic heterocycles. The van der Waals surface area contributed by atoms with Crippen molar-refractivity contribution >= 4 is 17.2 Å². The van der Waals surface area contributed by atoms with E-state index < -0.39 is 6.10 Å². The van der Waals surface area contributed by atoms with Crippen LogP contribution in [0.2, 0.25) is 0 Å². The Labute approximate surface area is 206 Å². The number of aryl methyl sites for hydroxylation is 2. The molecule has 2 unspecified atom stereocenters. The number of aliphatic hydroxyl groups is 1. The summed E-state index contributed by atoms with van der Waals surface area (Å²) in [5.74, 6) is 3.34. The highest BCUT2D eigenvalue weighted by Gasteiger charge is 2.36. The van der Waals surface area contributed by atoms with E-state index in [1.807, 2.05) is 24.0 Å². The second-order valence-corrected chi connectivity index (χ2v) is 10.3. The van der Waals surface area contributed by atoms with Crippen LogP contribution < -0.4 is 4.74 Å². The maximum absolute atomic E-state index is 13.5. The van der Waals surface area contributed by atoms with Crippen LogP contribution in [0.15, 0.2) is 29.6 Å². The lowest BCUT2D eigenvalue weighted by Crippen LogP contribution is -2.48. The van der Waals surface area contributed by atoms with Crippen LogP contribution in [0.25, 0.3) is 0 Å². The molecule has 1 fully saturated rings. The number of fused-ring (bicyclic) bond motifs is 1. The van der Waals surface area contributed by atoms with Crippen LogP contribution in [-0.2, 0) is 16.0 Å². The lowest BCUT2D eigenvalue weighted by molar-refractivity contribution is -0.136. The van der Waals surface area contributed by atoms with E-state index >= 15 is 0 Å². The van der Waals surface area contributed by atoms with Crippen LogP contribution in [0.4, 0.5) is 0 Å². The fourth-order valence-electron chi connectivity index (χ4n) is 4.63. The molecule has 1 aliphatic carbocycles. The molecule has 182 valence electrons. The summed E-state index contributed by atoms with van der Waals surface area (Å²) in [5.41, 5.74) is 3.49. The summed E-state index contributed by atoms with van der Waals surface area (Å²) >= 11 is 1.75. The third kappa shape index (κ3) is 6.19. The number of nitrogens with zero attached hydrogens (tertiary/aromatic N) is 2. The summed E-state index contributed by atoms with van der Waals surface area (Å²) in [6, 6.07) is 8.52. The van der Waals surface area contributed by atoms with E-state index in [1.165, 1.54) is 16.0 Å². The van der Waals surface area contributed by atoms with Gasteiger partial charge in [0.05, 0.1) is 25.3 Å². The number of carbonyl (C=O) groups is 1. The number of carbonyl (C=O) groups excluding carboxylic acids is 1. The average molecular weight is 483 g/mol. The molecule has 2 aromatic rings. The quantitative estimate of drug-likeness (QED) is 0.393. The largest absolute Gasteiger partial charge is 0.491 e. The molecule has 1 aromatic heterocycles. The molecule has 0 radical (unpaired) electrons. The van der Waals surface area contributed by atoms with E-state index in [2.05, 4.69) is 35.3 Å². The second kappa shape index (κ2) is 11.4. The summed E-state index contributed by atoms with van der Waals surface area (Å²) in [7, 11) is 0. The Kier molecular flexibility index (Phi) is 8.28. The molecule has 7 heteroatoms. The molecular formula is C27H34N2O4S. The van der Waals surface area contributed by atoms with Crippen molar-refractivity contribution in [1.82, 2.24) is 9.80 Å². The lowest BCUT2D eigenvalue weighted by atomic mass is 10.00. The van der Waals surface area contributed by atoms with Gasteiger partial charge in [0.1, 0.15) is 19.0 Å². The summed E-state index contributed by atoms with van der Waals surface area (Å²) in [6.45, 7) is 6.27. The highest BCUT2D eigenvalue weighted by atomic mass is 32.1. The molecule has 1 N–H and O–H groups in total. The molecule has 34 heavy (non-hydrogen) atoms. The molecule has 2 aliphatic rings.